The van der Waals surface area contributed by atoms with Crippen LogP contribution in [0.5, 0.6) is 11.5 Å². The number of hydrogen-bond acceptors (Lipinski definition) is 3. The molecule has 1 aromatic rings. The summed E-state index contributed by atoms with van der Waals surface area (Å²) in [4.78, 5) is 14.4. The van der Waals surface area contributed by atoms with E-state index in [9.17, 15) is 4.79 Å². The van der Waals surface area contributed by atoms with Gasteiger partial charge in [-0.15, -0.1) is 0 Å². The van der Waals surface area contributed by atoms with Crippen LogP contribution in [0.3, 0.4) is 0 Å². The van der Waals surface area contributed by atoms with Crippen molar-refractivity contribution in [1.82, 2.24) is 4.90 Å². The highest BCUT2D eigenvalue weighted by atomic mass is 16.7. The quantitative estimate of drug-likeness (QED) is 0.727. The van der Waals surface area contributed by atoms with Gasteiger partial charge in [0.05, 0.1) is 0 Å². The number of rotatable bonds is 0. The van der Waals surface area contributed by atoms with Crippen LogP contribution in [0.4, 0.5) is 0 Å². The standard InChI is InChI=1S/C16H17NO3/c18-15-5-9-2-1-3-11-12-6-14-13(19-8-20-14)4-10(12)7-17(15)16(9)11/h4,6,9,11,16H,1-3,5,7-8H2/t9-,11+,16-/m1/s1. The topological polar surface area (TPSA) is 38.8 Å². The third-order valence-electron chi connectivity index (χ3n) is 5.48. The van der Waals surface area contributed by atoms with E-state index in [1.807, 2.05) is 0 Å². The summed E-state index contributed by atoms with van der Waals surface area (Å²) in [6.07, 6.45) is 4.39. The van der Waals surface area contributed by atoms with Crippen molar-refractivity contribution in [2.75, 3.05) is 6.79 Å². The van der Waals surface area contributed by atoms with Gasteiger partial charge in [0.2, 0.25) is 12.7 Å². The van der Waals surface area contributed by atoms with Crippen molar-refractivity contribution in [3.05, 3.63) is 23.3 Å². The maximum atomic E-state index is 12.3. The molecule has 20 heavy (non-hydrogen) atoms. The number of fused-ring (bicyclic) bond motifs is 3. The molecule has 4 heteroatoms. The van der Waals surface area contributed by atoms with E-state index < -0.39 is 0 Å². The van der Waals surface area contributed by atoms with Gasteiger partial charge < -0.3 is 14.4 Å². The van der Waals surface area contributed by atoms with E-state index in [1.54, 1.807) is 0 Å². The van der Waals surface area contributed by atoms with Gasteiger partial charge in [0.1, 0.15) is 0 Å². The summed E-state index contributed by atoms with van der Waals surface area (Å²) in [6, 6.07) is 4.69. The zero-order chi connectivity index (χ0) is 13.3. The number of carbonyl (C=O) groups is 1. The monoisotopic (exact) mass is 271 g/mol. The van der Waals surface area contributed by atoms with Crippen LogP contribution in [0.1, 0.15) is 42.7 Å². The molecule has 4 aliphatic rings. The Morgan fingerprint density at radius 2 is 2.00 bits per heavy atom. The first kappa shape index (κ1) is 11.0. The van der Waals surface area contributed by atoms with Crippen molar-refractivity contribution >= 4 is 5.91 Å². The average Bonchev–Trinajstić information content (AvgIpc) is 3.03. The summed E-state index contributed by atoms with van der Waals surface area (Å²) in [6.45, 7) is 1.07. The highest BCUT2D eigenvalue weighted by molar-refractivity contribution is 5.80. The Hall–Kier alpha value is -1.71. The second-order valence-corrected chi connectivity index (χ2v) is 6.42. The van der Waals surface area contributed by atoms with Gasteiger partial charge in [-0.3, -0.25) is 4.79 Å². The van der Waals surface area contributed by atoms with Gasteiger partial charge in [0, 0.05) is 24.9 Å². The Morgan fingerprint density at radius 1 is 1.15 bits per heavy atom. The van der Waals surface area contributed by atoms with Gasteiger partial charge in [-0.05, 0) is 42.0 Å². The molecular formula is C16H17NO3. The zero-order valence-corrected chi connectivity index (χ0v) is 11.3. The summed E-state index contributed by atoms with van der Waals surface area (Å²) in [5.74, 6) is 3.12. The van der Waals surface area contributed by atoms with E-state index in [4.69, 9.17) is 9.47 Å². The minimum Gasteiger partial charge on any atom is -0.454 e. The van der Waals surface area contributed by atoms with E-state index in [2.05, 4.69) is 17.0 Å². The number of nitrogens with zero attached hydrogens (tertiary/aromatic N) is 1. The highest BCUT2D eigenvalue weighted by Gasteiger charge is 2.49. The predicted molar refractivity (Wildman–Crippen MR) is 71.6 cm³/mol. The molecule has 5 rings (SSSR count). The van der Waals surface area contributed by atoms with Gasteiger partial charge in [0.15, 0.2) is 11.5 Å². The first-order valence-corrected chi connectivity index (χ1v) is 7.53. The molecule has 1 saturated carbocycles. The maximum absolute atomic E-state index is 12.3. The second-order valence-electron chi connectivity index (χ2n) is 6.42. The minimum absolute atomic E-state index is 0.317. The van der Waals surface area contributed by atoms with Crippen LogP contribution in [0.15, 0.2) is 12.1 Å². The van der Waals surface area contributed by atoms with E-state index in [0.29, 0.717) is 30.6 Å². The van der Waals surface area contributed by atoms with Crippen LogP contribution in [0, 0.1) is 5.92 Å². The molecule has 0 unspecified atom stereocenters. The van der Waals surface area contributed by atoms with Crippen LogP contribution >= 0.6 is 0 Å². The van der Waals surface area contributed by atoms with Crippen molar-refractivity contribution in [3.63, 3.8) is 0 Å². The molecule has 3 heterocycles. The van der Waals surface area contributed by atoms with Crippen LogP contribution in [-0.4, -0.2) is 23.6 Å². The maximum Gasteiger partial charge on any atom is 0.231 e. The molecule has 1 amide bonds. The molecule has 3 aliphatic heterocycles. The second kappa shape index (κ2) is 3.68. The van der Waals surface area contributed by atoms with Crippen LogP contribution in [0.2, 0.25) is 0 Å². The lowest BCUT2D eigenvalue weighted by molar-refractivity contribution is -0.130. The number of ether oxygens (including phenoxy) is 2. The summed E-state index contributed by atoms with van der Waals surface area (Å²) in [7, 11) is 0. The molecule has 0 N–H and O–H groups in total. The molecule has 0 radical (unpaired) electrons. The van der Waals surface area contributed by atoms with Gasteiger partial charge >= 0.3 is 0 Å². The van der Waals surface area contributed by atoms with Gasteiger partial charge in [-0.25, -0.2) is 0 Å². The van der Waals surface area contributed by atoms with Crippen molar-refractivity contribution < 1.29 is 14.3 Å². The normalized spacial score (nSPS) is 33.1. The predicted octanol–water partition coefficient (Wildman–Crippen LogP) is 2.41. The zero-order valence-electron chi connectivity index (χ0n) is 11.3. The molecular weight excluding hydrogens is 254 g/mol. The fourth-order valence-electron chi connectivity index (χ4n) is 4.67. The Balaban J connectivity index is 1.66. The molecule has 1 aliphatic carbocycles. The lowest BCUT2D eigenvalue weighted by Crippen LogP contribution is -2.44. The molecule has 0 bridgehead atoms. The van der Waals surface area contributed by atoms with Gasteiger partial charge in [-0.2, -0.15) is 0 Å². The lowest BCUT2D eigenvalue weighted by atomic mass is 9.71. The van der Waals surface area contributed by atoms with Crippen molar-refractivity contribution in [1.29, 1.82) is 0 Å². The average molecular weight is 271 g/mol. The fourth-order valence-corrected chi connectivity index (χ4v) is 4.67. The van der Waals surface area contributed by atoms with E-state index in [1.165, 1.54) is 30.4 Å². The third kappa shape index (κ3) is 1.29. The summed E-state index contributed by atoms with van der Waals surface area (Å²) in [5.41, 5.74) is 2.65. The number of amides is 1. The summed E-state index contributed by atoms with van der Waals surface area (Å²) in [5, 5.41) is 0. The molecule has 2 fully saturated rings. The third-order valence-corrected chi connectivity index (χ3v) is 5.48. The van der Waals surface area contributed by atoms with Crippen LogP contribution in [-0.2, 0) is 11.3 Å². The molecule has 1 saturated heterocycles. The Morgan fingerprint density at radius 3 is 2.90 bits per heavy atom. The molecule has 0 aromatic heterocycles. The largest absolute Gasteiger partial charge is 0.454 e. The number of benzene rings is 1. The van der Waals surface area contributed by atoms with E-state index in [0.717, 1.165) is 24.5 Å². The highest BCUT2D eigenvalue weighted by Crippen LogP contribution is 2.51. The smallest absolute Gasteiger partial charge is 0.231 e. The first-order chi connectivity index (χ1) is 9.81. The first-order valence-electron chi connectivity index (χ1n) is 7.53. The Labute approximate surface area is 117 Å². The Kier molecular flexibility index (Phi) is 2.03. The lowest BCUT2D eigenvalue weighted by Gasteiger charge is -2.43. The Bertz CT molecular complexity index is 612. The summed E-state index contributed by atoms with van der Waals surface area (Å²) < 4.78 is 11.0. The molecule has 104 valence electrons. The minimum atomic E-state index is 0.317. The SMILES string of the molecule is O=C1C[C@H]2CCC[C@H]3c4cc5c(cc4CN1[C@H]23)OCO5. The summed E-state index contributed by atoms with van der Waals surface area (Å²) >= 11 is 0. The van der Waals surface area contributed by atoms with Crippen LogP contribution < -0.4 is 9.47 Å². The van der Waals surface area contributed by atoms with Gasteiger partial charge in [0.25, 0.3) is 0 Å². The molecule has 4 nitrogen and oxygen atoms in total. The van der Waals surface area contributed by atoms with Crippen LogP contribution in [0.25, 0.3) is 0 Å². The fraction of sp³-hybridized carbons (Fsp3) is 0.562. The number of hydrogen-bond donors (Lipinski definition) is 0. The molecule has 0 spiro atoms. The molecule has 1 aromatic carbocycles. The number of carbonyl (C=O) groups excluding carboxylic acids is 1. The van der Waals surface area contributed by atoms with Crippen molar-refractivity contribution in [3.8, 4) is 11.5 Å². The molecule has 3 atom stereocenters. The van der Waals surface area contributed by atoms with Crippen molar-refractivity contribution in [2.24, 2.45) is 5.92 Å². The van der Waals surface area contributed by atoms with Crippen molar-refractivity contribution in [2.45, 2.75) is 44.2 Å². The van der Waals surface area contributed by atoms with Gasteiger partial charge in [-0.1, -0.05) is 6.42 Å². The van der Waals surface area contributed by atoms with E-state index >= 15 is 0 Å². The van der Waals surface area contributed by atoms with E-state index in [-0.39, 0.29) is 0 Å².